The molecular weight excluding hydrogens is 354 g/mol. The predicted octanol–water partition coefficient (Wildman–Crippen LogP) is 2.15. The van der Waals surface area contributed by atoms with Gasteiger partial charge in [-0.25, -0.2) is 9.97 Å². The number of aromatic amines is 1. The van der Waals surface area contributed by atoms with Crippen LogP contribution in [-0.2, 0) is 17.8 Å². The van der Waals surface area contributed by atoms with E-state index in [0.29, 0.717) is 18.7 Å². The Labute approximate surface area is 161 Å². The Morgan fingerprint density at radius 1 is 1.07 bits per heavy atom. The third-order valence-corrected chi connectivity index (χ3v) is 4.38. The number of hydrogen-bond donors (Lipinski definition) is 2. The summed E-state index contributed by atoms with van der Waals surface area (Å²) >= 11 is 0. The van der Waals surface area contributed by atoms with E-state index in [-0.39, 0.29) is 18.0 Å². The van der Waals surface area contributed by atoms with Crippen molar-refractivity contribution >= 4 is 16.9 Å². The van der Waals surface area contributed by atoms with Crippen LogP contribution in [0.3, 0.4) is 0 Å². The number of nitrogens with one attached hydrogen (secondary N) is 2. The molecule has 7 nitrogen and oxygen atoms in total. The standard InChI is InChI=1S/C21H19N5O2/c27-20(22-11-10-19-24-16-8-4-5-9-17(16)25-19)14-26-13-18(23-12-21(26)28)15-6-2-1-3-7-15/h1-9,12-13H,10-11,14H2,(H,22,27)(H,24,25). The zero-order valence-electron chi connectivity index (χ0n) is 15.1. The maximum Gasteiger partial charge on any atom is 0.269 e. The largest absolute Gasteiger partial charge is 0.354 e. The number of H-pyrrole nitrogens is 1. The molecule has 7 heteroatoms. The van der Waals surface area contributed by atoms with Gasteiger partial charge in [0.05, 0.1) is 22.9 Å². The Balaban J connectivity index is 1.37. The Morgan fingerprint density at radius 2 is 1.86 bits per heavy atom. The van der Waals surface area contributed by atoms with E-state index < -0.39 is 0 Å². The first-order valence-corrected chi connectivity index (χ1v) is 9.01. The summed E-state index contributed by atoms with van der Waals surface area (Å²) < 4.78 is 1.37. The van der Waals surface area contributed by atoms with Gasteiger partial charge in [-0.05, 0) is 12.1 Å². The van der Waals surface area contributed by atoms with Gasteiger partial charge in [-0.2, -0.15) is 0 Å². The molecule has 4 aromatic rings. The topological polar surface area (TPSA) is 92.7 Å². The van der Waals surface area contributed by atoms with Gasteiger partial charge < -0.3 is 14.9 Å². The fraction of sp³-hybridized carbons (Fsp3) is 0.143. The van der Waals surface area contributed by atoms with Gasteiger partial charge >= 0.3 is 0 Å². The molecule has 0 saturated carbocycles. The van der Waals surface area contributed by atoms with Crippen LogP contribution in [0.4, 0.5) is 0 Å². The highest BCUT2D eigenvalue weighted by molar-refractivity contribution is 5.76. The van der Waals surface area contributed by atoms with Crippen molar-refractivity contribution in [1.29, 1.82) is 0 Å². The van der Waals surface area contributed by atoms with Crippen molar-refractivity contribution < 1.29 is 4.79 Å². The smallest absolute Gasteiger partial charge is 0.269 e. The number of fused-ring (bicyclic) bond motifs is 1. The molecule has 0 unspecified atom stereocenters. The predicted molar refractivity (Wildman–Crippen MR) is 107 cm³/mol. The molecule has 4 rings (SSSR count). The molecule has 0 spiro atoms. The molecule has 0 fully saturated rings. The summed E-state index contributed by atoms with van der Waals surface area (Å²) in [6.45, 7) is 0.380. The molecule has 2 heterocycles. The van der Waals surface area contributed by atoms with Crippen LogP contribution < -0.4 is 10.9 Å². The van der Waals surface area contributed by atoms with Crippen LogP contribution in [0.1, 0.15) is 5.82 Å². The lowest BCUT2D eigenvalue weighted by Gasteiger charge is -2.08. The van der Waals surface area contributed by atoms with Crippen LogP contribution in [0.2, 0.25) is 0 Å². The van der Waals surface area contributed by atoms with Crippen LogP contribution in [0.15, 0.2) is 71.8 Å². The number of carbonyl (C=O) groups is 1. The van der Waals surface area contributed by atoms with Crippen molar-refractivity contribution in [1.82, 2.24) is 24.8 Å². The SMILES string of the molecule is O=C(Cn1cc(-c2ccccc2)ncc1=O)NCCc1nc2ccccc2[nH]1. The van der Waals surface area contributed by atoms with Crippen molar-refractivity contribution in [2.75, 3.05) is 6.54 Å². The lowest BCUT2D eigenvalue weighted by atomic mass is 10.2. The second-order valence-corrected chi connectivity index (χ2v) is 6.41. The summed E-state index contributed by atoms with van der Waals surface area (Å²) in [5, 5.41) is 2.83. The highest BCUT2D eigenvalue weighted by Crippen LogP contribution is 2.14. The number of para-hydroxylation sites is 2. The Morgan fingerprint density at radius 3 is 2.68 bits per heavy atom. The van der Waals surface area contributed by atoms with Gasteiger partial charge in [0.25, 0.3) is 5.56 Å². The van der Waals surface area contributed by atoms with Gasteiger partial charge in [0, 0.05) is 24.7 Å². The quantitative estimate of drug-likeness (QED) is 0.542. The highest BCUT2D eigenvalue weighted by atomic mass is 16.2. The van der Waals surface area contributed by atoms with Crippen LogP contribution >= 0.6 is 0 Å². The van der Waals surface area contributed by atoms with Crippen molar-refractivity contribution in [3.8, 4) is 11.3 Å². The number of carbonyl (C=O) groups excluding carboxylic acids is 1. The average Bonchev–Trinajstić information content (AvgIpc) is 3.13. The van der Waals surface area contributed by atoms with E-state index in [1.54, 1.807) is 6.20 Å². The van der Waals surface area contributed by atoms with Crippen molar-refractivity contribution in [3.63, 3.8) is 0 Å². The van der Waals surface area contributed by atoms with E-state index in [1.165, 1.54) is 10.8 Å². The maximum atomic E-state index is 12.3. The van der Waals surface area contributed by atoms with Crippen molar-refractivity contribution in [2.24, 2.45) is 0 Å². The van der Waals surface area contributed by atoms with Gasteiger partial charge in [0.1, 0.15) is 12.4 Å². The molecule has 0 aliphatic rings. The van der Waals surface area contributed by atoms with Crippen molar-refractivity contribution in [2.45, 2.75) is 13.0 Å². The van der Waals surface area contributed by atoms with Crippen LogP contribution in [0.25, 0.3) is 22.3 Å². The Bertz CT molecular complexity index is 1130. The van der Waals surface area contributed by atoms with Crippen LogP contribution in [0.5, 0.6) is 0 Å². The molecule has 0 radical (unpaired) electrons. The van der Waals surface area contributed by atoms with E-state index >= 15 is 0 Å². The zero-order chi connectivity index (χ0) is 19.3. The number of rotatable bonds is 6. The minimum Gasteiger partial charge on any atom is -0.354 e. The maximum absolute atomic E-state index is 12.3. The fourth-order valence-electron chi connectivity index (χ4n) is 2.98. The first-order valence-electron chi connectivity index (χ1n) is 9.01. The summed E-state index contributed by atoms with van der Waals surface area (Å²) in [6, 6.07) is 17.3. The number of benzene rings is 2. The minimum absolute atomic E-state index is 0.0542. The Hall–Kier alpha value is -3.74. The van der Waals surface area contributed by atoms with E-state index in [1.807, 2.05) is 54.6 Å². The molecule has 140 valence electrons. The number of amides is 1. The summed E-state index contributed by atoms with van der Waals surface area (Å²) in [5.41, 5.74) is 3.10. The second kappa shape index (κ2) is 7.87. The molecule has 2 N–H and O–H groups in total. The molecule has 2 aromatic carbocycles. The molecule has 0 bridgehead atoms. The summed E-state index contributed by atoms with van der Waals surface area (Å²) in [6.07, 6.45) is 3.43. The third-order valence-electron chi connectivity index (χ3n) is 4.38. The van der Waals surface area contributed by atoms with Gasteiger partial charge in [-0.3, -0.25) is 9.59 Å². The van der Waals surface area contributed by atoms with E-state index in [0.717, 1.165) is 22.4 Å². The van der Waals surface area contributed by atoms with E-state index in [2.05, 4.69) is 20.3 Å². The van der Waals surface area contributed by atoms with Crippen LogP contribution in [0, 0.1) is 0 Å². The van der Waals surface area contributed by atoms with Crippen LogP contribution in [-0.4, -0.2) is 32.0 Å². The highest BCUT2D eigenvalue weighted by Gasteiger charge is 2.08. The molecule has 0 aliphatic carbocycles. The van der Waals surface area contributed by atoms with Gasteiger partial charge in [-0.15, -0.1) is 0 Å². The number of aromatic nitrogens is 4. The van der Waals surface area contributed by atoms with E-state index in [9.17, 15) is 9.59 Å². The molecule has 28 heavy (non-hydrogen) atoms. The summed E-state index contributed by atoms with van der Waals surface area (Å²) in [4.78, 5) is 36.2. The number of nitrogens with zero attached hydrogens (tertiary/aromatic N) is 3. The first kappa shape index (κ1) is 17.7. The lowest BCUT2D eigenvalue weighted by molar-refractivity contribution is -0.121. The molecule has 0 atom stereocenters. The molecular formula is C21H19N5O2. The molecule has 2 aromatic heterocycles. The number of imidazole rings is 1. The lowest BCUT2D eigenvalue weighted by Crippen LogP contribution is -2.33. The Kier molecular flexibility index (Phi) is 4.97. The monoisotopic (exact) mass is 373 g/mol. The minimum atomic E-state index is -0.313. The average molecular weight is 373 g/mol. The molecule has 0 aliphatic heterocycles. The van der Waals surface area contributed by atoms with Gasteiger partial charge in [-0.1, -0.05) is 42.5 Å². The zero-order valence-corrected chi connectivity index (χ0v) is 15.1. The summed E-state index contributed by atoms with van der Waals surface area (Å²) in [5.74, 6) is 0.581. The second-order valence-electron chi connectivity index (χ2n) is 6.41. The van der Waals surface area contributed by atoms with Gasteiger partial charge in [0.15, 0.2) is 0 Å². The number of hydrogen-bond acceptors (Lipinski definition) is 4. The van der Waals surface area contributed by atoms with E-state index in [4.69, 9.17) is 0 Å². The molecule has 0 saturated heterocycles. The summed E-state index contributed by atoms with van der Waals surface area (Å²) in [7, 11) is 0. The van der Waals surface area contributed by atoms with Crippen molar-refractivity contribution in [3.05, 3.63) is 83.2 Å². The molecule has 1 amide bonds. The fourth-order valence-corrected chi connectivity index (χ4v) is 2.98. The van der Waals surface area contributed by atoms with Gasteiger partial charge in [0.2, 0.25) is 5.91 Å². The first-order chi connectivity index (χ1) is 13.7. The third kappa shape index (κ3) is 3.98. The normalized spacial score (nSPS) is 10.9.